The number of hydrogen-bond donors (Lipinski definition) is 2. The van der Waals surface area contributed by atoms with E-state index in [2.05, 4.69) is 20.6 Å². The van der Waals surface area contributed by atoms with Gasteiger partial charge in [0.25, 0.3) is 5.91 Å². The highest BCUT2D eigenvalue weighted by atomic mass is 19.1. The quantitative estimate of drug-likeness (QED) is 0.546. The first kappa shape index (κ1) is 22.4. The number of ether oxygens (including phenoxy) is 1. The van der Waals surface area contributed by atoms with E-state index in [1.165, 1.54) is 6.07 Å². The molecule has 2 aliphatic heterocycles. The van der Waals surface area contributed by atoms with E-state index in [9.17, 15) is 9.18 Å². The van der Waals surface area contributed by atoms with Crippen molar-refractivity contribution in [3.63, 3.8) is 0 Å². The highest BCUT2D eigenvalue weighted by molar-refractivity contribution is 6.08. The maximum atomic E-state index is 14.8. The molecule has 0 bridgehead atoms. The second-order valence-corrected chi connectivity index (χ2v) is 8.61. The number of fused-ring (bicyclic) bond motifs is 2. The molecule has 2 aliphatic rings. The Morgan fingerprint density at radius 1 is 1.18 bits per heavy atom. The van der Waals surface area contributed by atoms with Crippen molar-refractivity contribution in [2.45, 2.75) is 13.0 Å². The first-order chi connectivity index (χ1) is 16.6. The number of para-hydroxylation sites is 2. The van der Waals surface area contributed by atoms with Gasteiger partial charge in [-0.25, -0.2) is 4.39 Å². The summed E-state index contributed by atoms with van der Waals surface area (Å²) in [6, 6.07) is 12.0. The molecule has 3 heterocycles. The van der Waals surface area contributed by atoms with Crippen molar-refractivity contribution in [2.24, 2.45) is 7.05 Å². The lowest BCUT2D eigenvalue weighted by Crippen LogP contribution is -2.43. The van der Waals surface area contributed by atoms with Gasteiger partial charge in [-0.15, -0.1) is 0 Å². The average molecular weight is 465 g/mol. The molecule has 1 saturated heterocycles. The number of carbonyl (C=O) groups excluding carboxylic acids is 1. The highest BCUT2D eigenvalue weighted by Crippen LogP contribution is 2.36. The number of benzene rings is 2. The number of amides is 1. The maximum absolute atomic E-state index is 14.8. The van der Waals surface area contributed by atoms with Crippen molar-refractivity contribution >= 4 is 23.1 Å². The fraction of sp³-hybridized carbons (Fsp3) is 0.360. The predicted octanol–water partition coefficient (Wildman–Crippen LogP) is 3.14. The van der Waals surface area contributed by atoms with E-state index in [4.69, 9.17) is 4.74 Å². The molecule has 9 heteroatoms. The third-order valence-corrected chi connectivity index (χ3v) is 6.30. The summed E-state index contributed by atoms with van der Waals surface area (Å²) < 4.78 is 22.3. The number of aryl methyl sites for hydroxylation is 1. The van der Waals surface area contributed by atoms with Crippen molar-refractivity contribution in [2.75, 3.05) is 49.5 Å². The molecule has 1 fully saturated rings. The van der Waals surface area contributed by atoms with Gasteiger partial charge in [0, 0.05) is 50.9 Å². The lowest BCUT2D eigenvalue weighted by molar-refractivity contribution is 0.0985. The molecule has 0 saturated carbocycles. The molecular weight excluding hydrogens is 435 g/mol. The summed E-state index contributed by atoms with van der Waals surface area (Å²) in [6.07, 6.45) is 2.57. The summed E-state index contributed by atoms with van der Waals surface area (Å²) in [5, 5.41) is 11.0. The van der Waals surface area contributed by atoms with Gasteiger partial charge in [-0.2, -0.15) is 5.10 Å². The van der Waals surface area contributed by atoms with Gasteiger partial charge >= 0.3 is 0 Å². The van der Waals surface area contributed by atoms with Gasteiger partial charge < -0.3 is 25.2 Å². The normalized spacial score (nSPS) is 15.8. The van der Waals surface area contributed by atoms with Crippen LogP contribution in [0.1, 0.15) is 22.3 Å². The van der Waals surface area contributed by atoms with Gasteiger partial charge in [0.15, 0.2) is 11.6 Å². The molecule has 1 amide bonds. The standard InChI is InChI=1S/C25H29FN6O2/c1-30-24-19(16-28-30)17-32(22-6-3-2-5-21(22)29-24)25(33)18-7-8-23(20(26)15-18)34-14-4-11-31-12-9-27-10-13-31/h2-3,5-8,15-16,27,29H,4,9-14,17H2,1H3. The Kier molecular flexibility index (Phi) is 6.46. The van der Waals surface area contributed by atoms with E-state index in [0.717, 1.165) is 61.9 Å². The fourth-order valence-electron chi connectivity index (χ4n) is 4.45. The second kappa shape index (κ2) is 9.82. The first-order valence-corrected chi connectivity index (χ1v) is 11.6. The minimum absolute atomic E-state index is 0.171. The van der Waals surface area contributed by atoms with E-state index in [1.54, 1.807) is 27.9 Å². The second-order valence-electron chi connectivity index (χ2n) is 8.61. The SMILES string of the molecule is Cn1ncc2c1Nc1ccccc1N(C(=O)c1ccc(OCCCN3CCNCC3)c(F)c1)C2. The van der Waals surface area contributed by atoms with Crippen LogP contribution in [-0.4, -0.2) is 59.9 Å². The zero-order valence-corrected chi connectivity index (χ0v) is 19.3. The lowest BCUT2D eigenvalue weighted by Gasteiger charge is -2.27. The Balaban J connectivity index is 1.29. The van der Waals surface area contributed by atoms with Crippen molar-refractivity contribution in [3.8, 4) is 5.75 Å². The predicted molar refractivity (Wildman–Crippen MR) is 129 cm³/mol. The summed E-state index contributed by atoms with van der Waals surface area (Å²) in [4.78, 5) is 17.5. The Hall–Kier alpha value is -3.43. The molecule has 5 rings (SSSR count). The minimum Gasteiger partial charge on any atom is -0.490 e. The van der Waals surface area contributed by atoms with Crippen LogP contribution in [-0.2, 0) is 13.6 Å². The zero-order chi connectivity index (χ0) is 23.5. The van der Waals surface area contributed by atoms with Crippen molar-refractivity contribution < 1.29 is 13.9 Å². The summed E-state index contributed by atoms with van der Waals surface area (Å²) in [5.74, 6) is 0.189. The topological polar surface area (TPSA) is 74.7 Å². The van der Waals surface area contributed by atoms with E-state index in [-0.39, 0.29) is 17.2 Å². The molecule has 0 radical (unpaired) electrons. The van der Waals surface area contributed by atoms with E-state index in [1.807, 2.05) is 31.3 Å². The van der Waals surface area contributed by atoms with Crippen LogP contribution in [0.3, 0.4) is 0 Å². The third kappa shape index (κ3) is 4.62. The third-order valence-electron chi connectivity index (χ3n) is 6.30. The number of halogens is 1. The fourth-order valence-corrected chi connectivity index (χ4v) is 4.45. The Morgan fingerprint density at radius 3 is 2.82 bits per heavy atom. The van der Waals surface area contributed by atoms with E-state index < -0.39 is 5.82 Å². The van der Waals surface area contributed by atoms with Gasteiger partial charge in [-0.05, 0) is 36.8 Å². The molecule has 0 unspecified atom stereocenters. The number of hydrogen-bond acceptors (Lipinski definition) is 6. The number of nitrogens with zero attached hydrogens (tertiary/aromatic N) is 4. The number of aromatic nitrogens is 2. The van der Waals surface area contributed by atoms with Crippen molar-refractivity contribution in [1.29, 1.82) is 0 Å². The van der Waals surface area contributed by atoms with Crippen LogP contribution in [0.15, 0.2) is 48.7 Å². The lowest BCUT2D eigenvalue weighted by atomic mass is 10.1. The molecule has 178 valence electrons. The van der Waals surface area contributed by atoms with Crippen LogP contribution < -0.4 is 20.3 Å². The van der Waals surface area contributed by atoms with Crippen LogP contribution in [0.25, 0.3) is 0 Å². The number of carbonyl (C=O) groups is 1. The molecule has 0 atom stereocenters. The molecule has 34 heavy (non-hydrogen) atoms. The highest BCUT2D eigenvalue weighted by Gasteiger charge is 2.27. The average Bonchev–Trinajstić information content (AvgIpc) is 3.10. The molecule has 2 N–H and O–H groups in total. The van der Waals surface area contributed by atoms with E-state index in [0.29, 0.717) is 13.2 Å². The Labute approximate surface area is 198 Å². The first-order valence-electron chi connectivity index (χ1n) is 11.6. The van der Waals surface area contributed by atoms with E-state index >= 15 is 0 Å². The van der Waals surface area contributed by atoms with Crippen LogP contribution in [0.2, 0.25) is 0 Å². The van der Waals surface area contributed by atoms with Gasteiger partial charge in [0.1, 0.15) is 5.82 Å². The maximum Gasteiger partial charge on any atom is 0.258 e. The summed E-state index contributed by atoms with van der Waals surface area (Å²) in [5.41, 5.74) is 2.69. The monoisotopic (exact) mass is 464 g/mol. The zero-order valence-electron chi connectivity index (χ0n) is 19.3. The molecule has 2 aromatic carbocycles. The number of piperazine rings is 1. The molecule has 0 spiro atoms. The van der Waals surface area contributed by atoms with Crippen LogP contribution in [0, 0.1) is 5.82 Å². The van der Waals surface area contributed by atoms with Crippen LogP contribution >= 0.6 is 0 Å². The number of nitrogens with one attached hydrogen (secondary N) is 2. The Bertz CT molecular complexity index is 1170. The van der Waals surface area contributed by atoms with Crippen molar-refractivity contribution in [1.82, 2.24) is 20.0 Å². The summed E-state index contributed by atoms with van der Waals surface area (Å²) in [6.45, 7) is 5.76. The van der Waals surface area contributed by atoms with Crippen molar-refractivity contribution in [3.05, 3.63) is 65.6 Å². The molecule has 3 aromatic rings. The smallest absolute Gasteiger partial charge is 0.258 e. The Morgan fingerprint density at radius 2 is 2.00 bits per heavy atom. The molecule has 1 aromatic heterocycles. The van der Waals surface area contributed by atoms with Gasteiger partial charge in [0.05, 0.1) is 30.7 Å². The minimum atomic E-state index is -0.531. The number of rotatable bonds is 6. The van der Waals surface area contributed by atoms with Crippen LogP contribution in [0.5, 0.6) is 5.75 Å². The van der Waals surface area contributed by atoms with Gasteiger partial charge in [0.2, 0.25) is 0 Å². The molecular formula is C25H29FN6O2. The number of anilines is 3. The van der Waals surface area contributed by atoms with Crippen LogP contribution in [0.4, 0.5) is 21.6 Å². The van der Waals surface area contributed by atoms with Gasteiger partial charge in [-0.1, -0.05) is 12.1 Å². The summed E-state index contributed by atoms with van der Waals surface area (Å²) >= 11 is 0. The van der Waals surface area contributed by atoms with Gasteiger partial charge in [-0.3, -0.25) is 9.48 Å². The molecule has 8 nitrogen and oxygen atoms in total. The largest absolute Gasteiger partial charge is 0.490 e. The molecule has 0 aliphatic carbocycles. The summed E-state index contributed by atoms with van der Waals surface area (Å²) in [7, 11) is 1.85.